The van der Waals surface area contributed by atoms with Gasteiger partial charge < -0.3 is 16.0 Å². The lowest BCUT2D eigenvalue weighted by molar-refractivity contribution is -0.201. The van der Waals surface area contributed by atoms with Crippen molar-refractivity contribution in [3.05, 3.63) is 24.7 Å². The lowest BCUT2D eigenvalue weighted by Gasteiger charge is -2.46. The van der Waals surface area contributed by atoms with Gasteiger partial charge in [0.2, 0.25) is 0 Å². The summed E-state index contributed by atoms with van der Waals surface area (Å²) >= 11 is 0. The number of carbonyl (C=O) groups is 1. The number of aromatic amines is 1. The van der Waals surface area contributed by atoms with Crippen molar-refractivity contribution in [1.29, 1.82) is 0 Å². The summed E-state index contributed by atoms with van der Waals surface area (Å²) in [6.45, 7) is 4.90. The van der Waals surface area contributed by atoms with E-state index in [1.54, 1.807) is 12.4 Å². The Labute approximate surface area is 193 Å². The molecule has 1 unspecified atom stereocenters. The number of urea groups is 1. The van der Waals surface area contributed by atoms with E-state index >= 15 is 0 Å². The molecule has 4 heterocycles. The van der Waals surface area contributed by atoms with Crippen LogP contribution in [-0.2, 0) is 6.54 Å². The number of alkyl halides is 3. The Hall–Kier alpha value is -3.15. The first kappa shape index (κ1) is 22.6. The summed E-state index contributed by atoms with van der Waals surface area (Å²) in [5, 5.41) is 15.1. The van der Waals surface area contributed by atoms with E-state index in [1.807, 2.05) is 10.7 Å². The highest BCUT2D eigenvalue weighted by Crippen LogP contribution is 2.54. The average Bonchev–Trinajstić information content (AvgIpc) is 3.17. The number of fused-ring (bicyclic) bond motifs is 1. The van der Waals surface area contributed by atoms with E-state index in [2.05, 4.69) is 39.4 Å². The van der Waals surface area contributed by atoms with Crippen molar-refractivity contribution in [1.82, 2.24) is 29.9 Å². The van der Waals surface area contributed by atoms with Gasteiger partial charge in [0.1, 0.15) is 11.2 Å². The van der Waals surface area contributed by atoms with E-state index in [1.165, 1.54) is 11.1 Å². The normalized spacial score (nSPS) is 22.0. The fourth-order valence-corrected chi connectivity index (χ4v) is 4.83. The number of pyridine rings is 1. The number of halogens is 3. The number of H-pyrrole nitrogens is 1. The summed E-state index contributed by atoms with van der Waals surface area (Å²) in [6.07, 6.45) is 0.829. The molecule has 0 radical (unpaired) electrons. The zero-order valence-corrected chi connectivity index (χ0v) is 19.0. The summed E-state index contributed by atoms with van der Waals surface area (Å²) in [5.74, 6) is 0.408. The number of anilines is 1. The molecule has 12 heteroatoms. The third kappa shape index (κ3) is 3.79. The molecular weight excluding hydrogens is 449 g/mol. The molecule has 3 aromatic rings. The highest BCUT2D eigenvalue weighted by atomic mass is 19.4. The summed E-state index contributed by atoms with van der Waals surface area (Å²) in [7, 11) is 0. The highest BCUT2D eigenvalue weighted by Gasteiger charge is 2.64. The minimum atomic E-state index is -4.50. The van der Waals surface area contributed by atoms with Crippen LogP contribution in [0.3, 0.4) is 0 Å². The van der Waals surface area contributed by atoms with Crippen LogP contribution in [0.4, 0.5) is 23.7 Å². The second kappa shape index (κ2) is 7.69. The quantitative estimate of drug-likeness (QED) is 0.528. The monoisotopic (exact) mass is 476 g/mol. The van der Waals surface area contributed by atoms with Crippen LogP contribution in [0.5, 0.6) is 0 Å². The molecule has 1 atom stereocenters. The second-order valence-electron chi connectivity index (χ2n) is 9.89. The number of hydrogen-bond acceptors (Lipinski definition) is 5. The number of nitrogens with one attached hydrogen (secondary N) is 2. The maximum absolute atomic E-state index is 13.5. The number of nitrogens with two attached hydrogens (primary N) is 1. The van der Waals surface area contributed by atoms with Crippen LogP contribution >= 0.6 is 0 Å². The summed E-state index contributed by atoms with van der Waals surface area (Å²) in [4.78, 5) is 19.1. The molecule has 1 aliphatic carbocycles. The number of nitrogens with zero attached hydrogens (tertiary/aromatic N) is 5. The largest absolute Gasteiger partial charge is 0.406 e. The molecule has 1 saturated carbocycles. The van der Waals surface area contributed by atoms with Gasteiger partial charge in [-0.25, -0.2) is 4.79 Å². The number of hydrogen-bond donors (Lipinski definition) is 3. The van der Waals surface area contributed by atoms with Crippen molar-refractivity contribution >= 4 is 22.6 Å². The van der Waals surface area contributed by atoms with Crippen molar-refractivity contribution in [2.24, 2.45) is 11.7 Å². The van der Waals surface area contributed by atoms with Gasteiger partial charge in [0.25, 0.3) is 0 Å². The molecule has 2 aliphatic rings. The molecule has 1 saturated heterocycles. The number of amides is 2. The molecule has 0 bridgehead atoms. The molecule has 1 spiro atoms. The molecule has 5 rings (SSSR count). The van der Waals surface area contributed by atoms with Crippen molar-refractivity contribution in [2.75, 3.05) is 11.9 Å². The Bertz CT molecular complexity index is 1230. The van der Waals surface area contributed by atoms with Crippen molar-refractivity contribution in [3.63, 3.8) is 0 Å². The molecule has 4 N–H and O–H groups in total. The Morgan fingerprint density at radius 2 is 2.03 bits per heavy atom. The van der Waals surface area contributed by atoms with Gasteiger partial charge >= 0.3 is 12.2 Å². The van der Waals surface area contributed by atoms with Gasteiger partial charge in [0.05, 0.1) is 29.3 Å². The second-order valence-corrected chi connectivity index (χ2v) is 9.89. The van der Waals surface area contributed by atoms with E-state index in [0.717, 1.165) is 17.4 Å². The fourth-order valence-electron chi connectivity index (χ4n) is 4.83. The molecule has 3 aromatic heterocycles. The maximum atomic E-state index is 13.5. The first-order valence-corrected chi connectivity index (χ1v) is 11.3. The number of aromatic nitrogens is 5. The Kier molecular flexibility index (Phi) is 5.12. The topological polar surface area (TPSA) is 118 Å². The standard InChI is InChI=1S/C22H27F3N8O/c1-13(2)11-33-17-7-15(27-8-14(17)9-29-33)18-16(10-28-31-18)30-19(34)32-6-5-21(26,22(23,24)25)12-20(32)3-4-20/h7-10,13H,3-6,11-12,26H2,1-2H3,(H,28,31)(H,30,34). The van der Waals surface area contributed by atoms with Gasteiger partial charge in [-0.2, -0.15) is 23.4 Å². The molecule has 34 heavy (non-hydrogen) atoms. The number of carbonyl (C=O) groups excluding carboxylic acids is 1. The van der Waals surface area contributed by atoms with Crippen LogP contribution in [0.1, 0.15) is 39.5 Å². The number of piperidine rings is 1. The maximum Gasteiger partial charge on any atom is 0.406 e. The highest BCUT2D eigenvalue weighted by molar-refractivity contribution is 5.94. The predicted octanol–water partition coefficient (Wildman–Crippen LogP) is 3.90. The predicted molar refractivity (Wildman–Crippen MR) is 120 cm³/mol. The third-order valence-electron chi connectivity index (χ3n) is 6.84. The van der Waals surface area contributed by atoms with E-state index in [4.69, 9.17) is 5.73 Å². The van der Waals surface area contributed by atoms with Gasteiger partial charge in [-0.3, -0.25) is 14.8 Å². The van der Waals surface area contributed by atoms with E-state index in [-0.39, 0.29) is 19.4 Å². The van der Waals surface area contributed by atoms with Gasteiger partial charge in [-0.05, 0) is 37.7 Å². The van der Waals surface area contributed by atoms with Crippen LogP contribution in [0, 0.1) is 5.92 Å². The van der Waals surface area contributed by atoms with E-state index < -0.39 is 23.3 Å². The minimum absolute atomic E-state index is 0.0619. The summed E-state index contributed by atoms with van der Waals surface area (Å²) < 4.78 is 42.4. The van der Waals surface area contributed by atoms with Crippen LogP contribution < -0.4 is 11.1 Å². The van der Waals surface area contributed by atoms with Crippen LogP contribution in [0.2, 0.25) is 0 Å². The number of rotatable bonds is 4. The Morgan fingerprint density at radius 1 is 1.26 bits per heavy atom. The van der Waals surface area contributed by atoms with Gasteiger partial charge in [0, 0.05) is 30.2 Å². The lowest BCUT2D eigenvalue weighted by Crippen LogP contribution is -2.64. The van der Waals surface area contributed by atoms with E-state index in [0.29, 0.717) is 35.8 Å². The first-order chi connectivity index (χ1) is 16.0. The molecule has 0 aromatic carbocycles. The SMILES string of the molecule is CC(C)Cn1ncc2cnc(-c3[nH]ncc3NC(=O)N3CCC(N)(C(F)(F)F)CC34CC4)cc21. The van der Waals surface area contributed by atoms with Gasteiger partial charge in [-0.1, -0.05) is 13.8 Å². The van der Waals surface area contributed by atoms with Crippen molar-refractivity contribution in [3.8, 4) is 11.4 Å². The van der Waals surface area contributed by atoms with E-state index in [9.17, 15) is 18.0 Å². The lowest BCUT2D eigenvalue weighted by atomic mass is 9.82. The average molecular weight is 477 g/mol. The summed E-state index contributed by atoms with van der Waals surface area (Å²) in [6, 6.07) is 1.42. The summed E-state index contributed by atoms with van der Waals surface area (Å²) in [5.41, 5.74) is 5.00. The van der Waals surface area contributed by atoms with Crippen LogP contribution in [-0.4, -0.2) is 59.7 Å². The molecule has 2 fully saturated rings. The minimum Gasteiger partial charge on any atom is -0.319 e. The molecule has 9 nitrogen and oxygen atoms in total. The Morgan fingerprint density at radius 3 is 2.71 bits per heavy atom. The molecule has 2 amide bonds. The Balaban J connectivity index is 1.37. The first-order valence-electron chi connectivity index (χ1n) is 11.3. The smallest absolute Gasteiger partial charge is 0.319 e. The number of likely N-dealkylation sites (tertiary alicyclic amines) is 1. The van der Waals surface area contributed by atoms with Crippen molar-refractivity contribution < 1.29 is 18.0 Å². The zero-order chi connectivity index (χ0) is 24.3. The van der Waals surface area contributed by atoms with Crippen LogP contribution in [0.15, 0.2) is 24.7 Å². The zero-order valence-electron chi connectivity index (χ0n) is 19.0. The third-order valence-corrected chi connectivity index (χ3v) is 6.84. The molecule has 182 valence electrons. The van der Waals surface area contributed by atoms with Gasteiger partial charge in [-0.15, -0.1) is 0 Å². The molecular formula is C22H27F3N8O. The molecule has 1 aliphatic heterocycles. The fraction of sp³-hybridized carbons (Fsp3) is 0.545. The van der Waals surface area contributed by atoms with Crippen molar-refractivity contribution in [2.45, 2.75) is 63.3 Å². The van der Waals surface area contributed by atoms with Crippen LogP contribution in [0.25, 0.3) is 22.3 Å². The van der Waals surface area contributed by atoms with Gasteiger partial charge in [0.15, 0.2) is 0 Å².